The third kappa shape index (κ3) is 4.82. The van der Waals surface area contributed by atoms with Gasteiger partial charge in [0.05, 0.1) is 31.2 Å². The number of nitrogens with one attached hydrogen (secondary N) is 2. The molecule has 26 heavy (non-hydrogen) atoms. The van der Waals surface area contributed by atoms with Gasteiger partial charge in [-0.15, -0.1) is 11.3 Å². The Balaban J connectivity index is 2.08. The number of carbonyl (C=O) groups is 3. The number of likely N-dealkylation sites (tertiary alicyclic amines) is 1. The molecule has 2 atom stereocenters. The molecule has 2 amide bonds. The highest BCUT2D eigenvalue weighted by molar-refractivity contribution is 7.17. The normalized spacial score (nSPS) is 19.8. The number of nitrogens with two attached hydrogens (primary N) is 1. The predicted molar refractivity (Wildman–Crippen MR) is 101 cm³/mol. The van der Waals surface area contributed by atoms with Crippen molar-refractivity contribution in [2.45, 2.75) is 40.0 Å². The van der Waals surface area contributed by atoms with E-state index in [0.717, 1.165) is 41.1 Å². The quantitative estimate of drug-likeness (QED) is 0.598. The van der Waals surface area contributed by atoms with Gasteiger partial charge in [0, 0.05) is 4.88 Å². The zero-order chi connectivity index (χ0) is 19.3. The predicted octanol–water partition coefficient (Wildman–Crippen LogP) is 0.514. The van der Waals surface area contributed by atoms with Gasteiger partial charge in [-0.3, -0.25) is 9.59 Å². The van der Waals surface area contributed by atoms with Crippen molar-refractivity contribution in [1.82, 2.24) is 0 Å². The Hall–Kier alpha value is -1.93. The summed E-state index contributed by atoms with van der Waals surface area (Å²) in [6, 6.07) is 0. The second-order valence-electron chi connectivity index (χ2n) is 6.60. The van der Waals surface area contributed by atoms with Crippen LogP contribution in [-0.2, 0) is 20.7 Å². The second kappa shape index (κ2) is 9.14. The molecule has 1 aromatic rings. The number of primary amides is 1. The van der Waals surface area contributed by atoms with E-state index in [-0.39, 0.29) is 30.9 Å². The molecule has 0 aliphatic carbocycles. The average molecular weight is 383 g/mol. The molecule has 0 bridgehead atoms. The highest BCUT2D eigenvalue weighted by Crippen LogP contribution is 2.33. The van der Waals surface area contributed by atoms with E-state index in [1.165, 1.54) is 11.3 Å². The maximum Gasteiger partial charge on any atom is 0.341 e. The van der Waals surface area contributed by atoms with Crippen LogP contribution in [0.25, 0.3) is 0 Å². The summed E-state index contributed by atoms with van der Waals surface area (Å²) in [4.78, 5) is 38.3. The average Bonchev–Trinajstić information content (AvgIpc) is 2.90. The lowest BCUT2D eigenvalue weighted by molar-refractivity contribution is -0.899. The number of amides is 2. The van der Waals surface area contributed by atoms with Crippen LogP contribution < -0.4 is 16.0 Å². The van der Waals surface area contributed by atoms with Gasteiger partial charge in [-0.1, -0.05) is 6.92 Å². The molecule has 4 N–H and O–H groups in total. The minimum atomic E-state index is -0.407. The molecule has 1 aromatic heterocycles. The molecule has 1 fully saturated rings. The number of rotatable bonds is 7. The van der Waals surface area contributed by atoms with E-state index in [4.69, 9.17) is 10.5 Å². The molecule has 1 saturated heterocycles. The van der Waals surface area contributed by atoms with Gasteiger partial charge in [-0.25, -0.2) is 4.79 Å². The number of carbonyl (C=O) groups excluding carboxylic acids is 3. The fourth-order valence-corrected chi connectivity index (χ4v) is 4.54. The zero-order valence-corrected chi connectivity index (χ0v) is 16.5. The lowest BCUT2D eigenvalue weighted by Crippen LogP contribution is -3.14. The van der Waals surface area contributed by atoms with E-state index in [0.29, 0.717) is 17.1 Å². The van der Waals surface area contributed by atoms with Crippen molar-refractivity contribution in [1.29, 1.82) is 0 Å². The summed E-state index contributed by atoms with van der Waals surface area (Å²) in [7, 11) is 0. The molecule has 0 spiro atoms. The van der Waals surface area contributed by atoms with Crippen molar-refractivity contribution >= 4 is 34.1 Å². The molecule has 7 nitrogen and oxygen atoms in total. The first-order chi connectivity index (χ1) is 12.4. The van der Waals surface area contributed by atoms with Gasteiger partial charge in [-0.05, 0) is 38.7 Å². The molecule has 0 radical (unpaired) electrons. The van der Waals surface area contributed by atoms with Gasteiger partial charge in [0.15, 0.2) is 6.54 Å². The lowest BCUT2D eigenvalue weighted by atomic mass is 9.97. The highest BCUT2D eigenvalue weighted by Gasteiger charge is 2.29. The minimum absolute atomic E-state index is 0.167. The van der Waals surface area contributed by atoms with Crippen LogP contribution in [0.1, 0.15) is 47.5 Å². The summed E-state index contributed by atoms with van der Waals surface area (Å²) in [6.45, 7) is 7.61. The van der Waals surface area contributed by atoms with Crippen molar-refractivity contribution in [2.24, 2.45) is 11.7 Å². The van der Waals surface area contributed by atoms with E-state index in [9.17, 15) is 14.4 Å². The Morgan fingerprint density at radius 1 is 1.35 bits per heavy atom. The number of aryl methyl sites for hydroxylation is 1. The van der Waals surface area contributed by atoms with Gasteiger partial charge in [-0.2, -0.15) is 0 Å². The van der Waals surface area contributed by atoms with Crippen LogP contribution in [0, 0.1) is 12.8 Å². The van der Waals surface area contributed by atoms with Crippen molar-refractivity contribution in [3.63, 3.8) is 0 Å². The summed E-state index contributed by atoms with van der Waals surface area (Å²) < 4.78 is 5.14. The molecule has 144 valence electrons. The van der Waals surface area contributed by atoms with Crippen molar-refractivity contribution in [2.75, 3.05) is 31.6 Å². The van der Waals surface area contributed by atoms with Crippen LogP contribution in [0.5, 0.6) is 0 Å². The largest absolute Gasteiger partial charge is 0.462 e. The van der Waals surface area contributed by atoms with E-state index in [1.54, 1.807) is 6.92 Å². The number of piperidine rings is 1. The van der Waals surface area contributed by atoms with Crippen molar-refractivity contribution in [3.05, 3.63) is 16.0 Å². The first-order valence-electron chi connectivity index (χ1n) is 9.09. The van der Waals surface area contributed by atoms with Crippen molar-refractivity contribution < 1.29 is 24.0 Å². The number of anilines is 1. The molecule has 1 aliphatic rings. The maximum atomic E-state index is 12.5. The molecule has 0 saturated carbocycles. The summed E-state index contributed by atoms with van der Waals surface area (Å²) in [5.41, 5.74) is 6.71. The fourth-order valence-electron chi connectivity index (χ4n) is 3.39. The Bertz CT molecular complexity index is 686. The standard InChI is InChI=1S/C18H27N3O4S/c1-4-13-11(3)15(18(24)25-5-2)17(26-13)20-14(22)10-21-8-6-7-12(9-21)16(19)23/h12H,4-10H2,1-3H3,(H2,19,23)(H,20,22)/p+1/t12-/m0/s1. The van der Waals surface area contributed by atoms with E-state index >= 15 is 0 Å². The SMILES string of the molecule is CCOC(=O)c1c(NC(=O)C[NH+]2CCC[C@H](C(N)=O)C2)sc(CC)c1C. The lowest BCUT2D eigenvalue weighted by Gasteiger charge is -2.27. The first kappa shape index (κ1) is 20.4. The Morgan fingerprint density at radius 2 is 2.08 bits per heavy atom. The Kier molecular flexibility index (Phi) is 7.16. The topological polar surface area (TPSA) is 103 Å². The zero-order valence-electron chi connectivity index (χ0n) is 15.6. The van der Waals surface area contributed by atoms with Crippen LogP contribution >= 0.6 is 11.3 Å². The molecule has 2 heterocycles. The van der Waals surface area contributed by atoms with Gasteiger partial charge in [0.2, 0.25) is 5.91 Å². The van der Waals surface area contributed by atoms with Crippen LogP contribution in [0.2, 0.25) is 0 Å². The number of quaternary nitrogens is 1. The van der Waals surface area contributed by atoms with Crippen LogP contribution in [0.3, 0.4) is 0 Å². The smallest absolute Gasteiger partial charge is 0.341 e. The molecule has 8 heteroatoms. The van der Waals surface area contributed by atoms with E-state index < -0.39 is 5.97 Å². The molecule has 1 aliphatic heterocycles. The maximum absolute atomic E-state index is 12.5. The van der Waals surface area contributed by atoms with Crippen molar-refractivity contribution in [3.8, 4) is 0 Å². The fraction of sp³-hybridized carbons (Fsp3) is 0.611. The summed E-state index contributed by atoms with van der Waals surface area (Å²) in [5, 5.41) is 3.43. The third-order valence-corrected chi connectivity index (χ3v) is 6.08. The number of thiophene rings is 1. The molecule has 2 rings (SSSR count). The number of hydrogen-bond donors (Lipinski definition) is 3. The Labute approximate surface area is 157 Å². The minimum Gasteiger partial charge on any atom is -0.462 e. The summed E-state index contributed by atoms with van der Waals surface area (Å²) in [5.74, 6) is -1.04. The molecule has 0 aromatic carbocycles. The van der Waals surface area contributed by atoms with Gasteiger partial charge < -0.3 is 20.7 Å². The molecular formula is C18H28N3O4S+. The van der Waals surface area contributed by atoms with Crippen LogP contribution in [0.4, 0.5) is 5.00 Å². The third-order valence-electron chi connectivity index (χ3n) is 4.73. The number of esters is 1. The van der Waals surface area contributed by atoms with Gasteiger partial charge in [0.25, 0.3) is 5.91 Å². The summed E-state index contributed by atoms with van der Waals surface area (Å²) >= 11 is 1.42. The Morgan fingerprint density at radius 3 is 2.69 bits per heavy atom. The van der Waals surface area contributed by atoms with Gasteiger partial charge >= 0.3 is 5.97 Å². The van der Waals surface area contributed by atoms with Crippen LogP contribution in [0.15, 0.2) is 0 Å². The monoisotopic (exact) mass is 382 g/mol. The first-order valence-corrected chi connectivity index (χ1v) is 9.91. The molecule has 1 unspecified atom stereocenters. The van der Waals surface area contributed by atoms with Crippen LogP contribution in [-0.4, -0.2) is 44.0 Å². The second-order valence-corrected chi connectivity index (χ2v) is 7.70. The van der Waals surface area contributed by atoms with Gasteiger partial charge in [0.1, 0.15) is 5.00 Å². The van der Waals surface area contributed by atoms with E-state index in [2.05, 4.69) is 5.32 Å². The summed E-state index contributed by atoms with van der Waals surface area (Å²) in [6.07, 6.45) is 2.45. The highest BCUT2D eigenvalue weighted by atomic mass is 32.1. The number of hydrogen-bond acceptors (Lipinski definition) is 5. The van der Waals surface area contributed by atoms with E-state index in [1.807, 2.05) is 13.8 Å². The number of ether oxygens (including phenoxy) is 1. The molecular weight excluding hydrogens is 354 g/mol.